The van der Waals surface area contributed by atoms with Gasteiger partial charge in [0.15, 0.2) is 10.6 Å². The molecule has 0 unspecified atom stereocenters. The number of hydrogen-bond donors (Lipinski definition) is 0. The third kappa shape index (κ3) is 2.63. The highest BCUT2D eigenvalue weighted by atomic mass is 32.1. The summed E-state index contributed by atoms with van der Waals surface area (Å²) in [4.78, 5) is 28.4. The second-order valence-electron chi connectivity index (χ2n) is 4.96. The Hall–Kier alpha value is -2.53. The number of aromatic nitrogens is 1. The number of carbonyl (C=O) groups excluding carboxylic acids is 2. The van der Waals surface area contributed by atoms with Gasteiger partial charge in [0.25, 0.3) is 5.91 Å². The lowest BCUT2D eigenvalue weighted by Gasteiger charge is -1.98. The van der Waals surface area contributed by atoms with Gasteiger partial charge in [-0.25, -0.2) is 0 Å². The number of ketones is 1. The van der Waals surface area contributed by atoms with Crippen molar-refractivity contribution in [3.63, 3.8) is 0 Å². The van der Waals surface area contributed by atoms with Crippen LogP contribution in [0.25, 0.3) is 10.2 Å². The van der Waals surface area contributed by atoms with Crippen LogP contribution < -0.4 is 4.80 Å². The van der Waals surface area contributed by atoms with Gasteiger partial charge in [0.1, 0.15) is 0 Å². The Balaban J connectivity index is 2.01. The van der Waals surface area contributed by atoms with E-state index in [4.69, 9.17) is 0 Å². The number of Topliss-reactive ketones (excluding diaryl/α,β-unsaturated/α-hetero) is 1. The zero-order chi connectivity index (χ0) is 15.7. The van der Waals surface area contributed by atoms with Crippen molar-refractivity contribution in [2.75, 3.05) is 0 Å². The monoisotopic (exact) mass is 310 g/mol. The van der Waals surface area contributed by atoms with Gasteiger partial charge in [-0.15, -0.1) is 0 Å². The highest BCUT2D eigenvalue weighted by Crippen LogP contribution is 2.15. The molecular formula is C17H14N2O2S. The predicted octanol–water partition coefficient (Wildman–Crippen LogP) is 3.18. The number of amides is 1. The molecule has 110 valence electrons. The van der Waals surface area contributed by atoms with Crippen LogP contribution in [-0.2, 0) is 7.05 Å². The number of thiazole rings is 1. The van der Waals surface area contributed by atoms with Crippen LogP contribution in [-0.4, -0.2) is 16.3 Å². The number of nitrogens with zero attached hydrogens (tertiary/aromatic N) is 2. The topological polar surface area (TPSA) is 51.4 Å². The maximum atomic E-state index is 12.3. The first-order valence-electron chi connectivity index (χ1n) is 6.81. The summed E-state index contributed by atoms with van der Waals surface area (Å²) in [5.41, 5.74) is 2.11. The Kier molecular flexibility index (Phi) is 3.73. The molecule has 0 saturated heterocycles. The maximum Gasteiger partial charge on any atom is 0.279 e. The van der Waals surface area contributed by atoms with E-state index in [-0.39, 0.29) is 11.7 Å². The van der Waals surface area contributed by atoms with Crippen LogP contribution in [0.2, 0.25) is 0 Å². The first-order valence-corrected chi connectivity index (χ1v) is 7.62. The van der Waals surface area contributed by atoms with Gasteiger partial charge in [0.05, 0.1) is 10.2 Å². The summed E-state index contributed by atoms with van der Waals surface area (Å²) in [7, 11) is 1.89. The smallest absolute Gasteiger partial charge is 0.279 e. The lowest BCUT2D eigenvalue weighted by atomic mass is 10.1. The molecule has 0 aliphatic heterocycles. The molecule has 0 radical (unpaired) electrons. The van der Waals surface area contributed by atoms with E-state index in [0.29, 0.717) is 15.9 Å². The lowest BCUT2D eigenvalue weighted by molar-refractivity contribution is 0.0991. The molecule has 0 spiro atoms. The highest BCUT2D eigenvalue weighted by molar-refractivity contribution is 7.16. The van der Waals surface area contributed by atoms with Crippen LogP contribution in [0.4, 0.5) is 0 Å². The maximum absolute atomic E-state index is 12.3. The molecule has 2 aromatic carbocycles. The summed E-state index contributed by atoms with van der Waals surface area (Å²) in [5, 5.41) is 0. The predicted molar refractivity (Wildman–Crippen MR) is 87.1 cm³/mol. The van der Waals surface area contributed by atoms with E-state index in [0.717, 1.165) is 10.2 Å². The molecule has 0 N–H and O–H groups in total. The SMILES string of the molecule is CC(=O)c1ccc(C(=O)N=c2sc3ccccc3n2C)cc1. The normalized spacial score (nSPS) is 11.8. The average Bonchev–Trinajstić information content (AvgIpc) is 2.84. The van der Waals surface area contributed by atoms with Gasteiger partial charge >= 0.3 is 0 Å². The minimum absolute atomic E-state index is 0.0214. The van der Waals surface area contributed by atoms with E-state index in [1.54, 1.807) is 24.3 Å². The highest BCUT2D eigenvalue weighted by Gasteiger charge is 2.07. The zero-order valence-electron chi connectivity index (χ0n) is 12.2. The number of fused-ring (bicyclic) bond motifs is 1. The largest absolute Gasteiger partial charge is 0.319 e. The molecule has 1 heterocycles. The molecule has 3 rings (SSSR count). The van der Waals surface area contributed by atoms with Crippen LogP contribution in [0.15, 0.2) is 53.5 Å². The summed E-state index contributed by atoms with van der Waals surface area (Å²) in [5.74, 6) is -0.330. The fourth-order valence-corrected chi connectivity index (χ4v) is 3.20. The van der Waals surface area contributed by atoms with Crippen LogP contribution in [0.1, 0.15) is 27.6 Å². The summed E-state index contributed by atoms with van der Waals surface area (Å²) < 4.78 is 2.99. The van der Waals surface area contributed by atoms with E-state index in [1.165, 1.54) is 18.3 Å². The minimum atomic E-state index is -0.308. The number of aryl methyl sites for hydroxylation is 1. The van der Waals surface area contributed by atoms with Crippen LogP contribution in [0, 0.1) is 0 Å². The van der Waals surface area contributed by atoms with E-state index >= 15 is 0 Å². The minimum Gasteiger partial charge on any atom is -0.319 e. The van der Waals surface area contributed by atoms with Gasteiger partial charge in [-0.05, 0) is 31.2 Å². The van der Waals surface area contributed by atoms with Crippen molar-refractivity contribution in [1.29, 1.82) is 0 Å². The molecule has 5 heteroatoms. The zero-order valence-corrected chi connectivity index (χ0v) is 13.1. The van der Waals surface area contributed by atoms with Crippen molar-refractivity contribution in [2.24, 2.45) is 12.0 Å². The Labute approximate surface area is 131 Å². The molecular weight excluding hydrogens is 296 g/mol. The van der Waals surface area contributed by atoms with Crippen molar-refractivity contribution in [1.82, 2.24) is 4.57 Å². The lowest BCUT2D eigenvalue weighted by Crippen LogP contribution is -2.13. The number of hydrogen-bond acceptors (Lipinski definition) is 3. The Morgan fingerprint density at radius 3 is 2.27 bits per heavy atom. The Morgan fingerprint density at radius 2 is 1.64 bits per heavy atom. The van der Waals surface area contributed by atoms with Crippen molar-refractivity contribution in [2.45, 2.75) is 6.92 Å². The Bertz CT molecular complexity index is 933. The van der Waals surface area contributed by atoms with Gasteiger partial charge in [0, 0.05) is 18.2 Å². The van der Waals surface area contributed by atoms with E-state index < -0.39 is 0 Å². The number of para-hydroxylation sites is 1. The second-order valence-corrected chi connectivity index (χ2v) is 5.97. The third-order valence-corrected chi connectivity index (χ3v) is 4.56. The van der Waals surface area contributed by atoms with Gasteiger partial charge in [-0.3, -0.25) is 9.59 Å². The van der Waals surface area contributed by atoms with Crippen molar-refractivity contribution >= 4 is 33.2 Å². The van der Waals surface area contributed by atoms with Gasteiger partial charge in [0.2, 0.25) is 0 Å². The molecule has 0 aliphatic carbocycles. The van der Waals surface area contributed by atoms with E-state index in [2.05, 4.69) is 4.99 Å². The molecule has 4 nitrogen and oxygen atoms in total. The fourth-order valence-electron chi connectivity index (χ4n) is 2.19. The summed E-state index contributed by atoms with van der Waals surface area (Å²) in [6.45, 7) is 1.50. The quantitative estimate of drug-likeness (QED) is 0.683. The van der Waals surface area contributed by atoms with Crippen LogP contribution >= 0.6 is 11.3 Å². The number of benzene rings is 2. The average molecular weight is 310 g/mol. The van der Waals surface area contributed by atoms with Crippen molar-refractivity contribution < 1.29 is 9.59 Å². The van der Waals surface area contributed by atoms with E-state index in [9.17, 15) is 9.59 Å². The van der Waals surface area contributed by atoms with Crippen molar-refractivity contribution in [3.8, 4) is 0 Å². The summed E-state index contributed by atoms with van der Waals surface area (Å²) in [6.07, 6.45) is 0. The molecule has 3 aromatic rings. The van der Waals surface area contributed by atoms with Crippen LogP contribution in [0.5, 0.6) is 0 Å². The molecule has 0 atom stereocenters. The number of carbonyl (C=O) groups is 2. The van der Waals surface area contributed by atoms with E-state index in [1.807, 2.05) is 35.9 Å². The number of rotatable bonds is 2. The summed E-state index contributed by atoms with van der Waals surface area (Å²) >= 11 is 1.48. The standard InChI is InChI=1S/C17H14N2O2S/c1-11(20)12-7-9-13(10-8-12)16(21)18-17-19(2)14-5-3-4-6-15(14)22-17/h3-10H,1-2H3. The third-order valence-electron chi connectivity index (χ3n) is 3.45. The van der Waals surface area contributed by atoms with Crippen LogP contribution in [0.3, 0.4) is 0 Å². The van der Waals surface area contributed by atoms with Gasteiger partial charge < -0.3 is 4.57 Å². The first-order chi connectivity index (χ1) is 10.6. The second kappa shape index (κ2) is 5.69. The Morgan fingerprint density at radius 1 is 1.00 bits per heavy atom. The molecule has 0 fully saturated rings. The molecule has 22 heavy (non-hydrogen) atoms. The summed E-state index contributed by atoms with van der Waals surface area (Å²) in [6, 6.07) is 14.5. The molecule has 1 aromatic heterocycles. The first kappa shape index (κ1) is 14.4. The van der Waals surface area contributed by atoms with Crippen molar-refractivity contribution in [3.05, 3.63) is 64.5 Å². The molecule has 0 aliphatic rings. The molecule has 0 bridgehead atoms. The van der Waals surface area contributed by atoms with Gasteiger partial charge in [-0.1, -0.05) is 35.6 Å². The fraction of sp³-hybridized carbons (Fsp3) is 0.118. The molecule has 0 saturated carbocycles. The van der Waals surface area contributed by atoms with Gasteiger partial charge in [-0.2, -0.15) is 4.99 Å². The molecule has 1 amide bonds.